The molecule has 0 heterocycles. The summed E-state index contributed by atoms with van der Waals surface area (Å²) in [6.45, 7) is 6.98. The van der Waals surface area contributed by atoms with Crippen LogP contribution in [0, 0.1) is 5.92 Å². The van der Waals surface area contributed by atoms with E-state index >= 15 is 0 Å². The second kappa shape index (κ2) is 7.39. The lowest BCUT2D eigenvalue weighted by Crippen LogP contribution is -2.22. The Kier molecular flexibility index (Phi) is 6.16. The van der Waals surface area contributed by atoms with Gasteiger partial charge >= 0.3 is 0 Å². The summed E-state index contributed by atoms with van der Waals surface area (Å²) in [5.74, 6) is 1.47. The average Bonchev–Trinajstić information content (AvgIpc) is 2.35. The van der Waals surface area contributed by atoms with Crippen LogP contribution in [0.4, 0.5) is 0 Å². The quantitative estimate of drug-likeness (QED) is 0.809. The van der Waals surface area contributed by atoms with Crippen molar-refractivity contribution in [3.63, 3.8) is 0 Å². The van der Waals surface area contributed by atoms with Crippen molar-refractivity contribution in [3.05, 3.63) is 29.8 Å². The zero-order chi connectivity index (χ0) is 13.5. The molecule has 0 aromatic heterocycles. The van der Waals surface area contributed by atoms with Crippen LogP contribution in [0.1, 0.15) is 38.9 Å². The molecule has 1 aromatic carbocycles. The monoisotopic (exact) mass is 251 g/mol. The third-order valence-electron chi connectivity index (χ3n) is 2.88. The van der Waals surface area contributed by atoms with Gasteiger partial charge in [0.2, 0.25) is 0 Å². The molecular weight excluding hydrogens is 226 g/mol. The number of benzene rings is 1. The van der Waals surface area contributed by atoms with E-state index in [-0.39, 0.29) is 12.2 Å². The Bertz CT molecular complexity index is 352. The van der Waals surface area contributed by atoms with Gasteiger partial charge in [0.25, 0.3) is 0 Å². The van der Waals surface area contributed by atoms with Gasteiger partial charge in [0, 0.05) is 6.54 Å². The molecule has 0 fully saturated rings. The zero-order valence-corrected chi connectivity index (χ0v) is 11.8. The van der Waals surface area contributed by atoms with Gasteiger partial charge in [-0.15, -0.1) is 0 Å². The molecule has 0 radical (unpaired) electrons. The first-order valence-electron chi connectivity index (χ1n) is 6.56. The Balaban J connectivity index is 2.70. The topological polar surface area (TPSA) is 44.5 Å². The average molecular weight is 251 g/mol. The van der Waals surface area contributed by atoms with Crippen molar-refractivity contribution in [1.82, 2.24) is 0 Å². The summed E-state index contributed by atoms with van der Waals surface area (Å²) in [4.78, 5) is 0. The molecule has 1 rings (SSSR count). The maximum atomic E-state index is 6.02. The van der Waals surface area contributed by atoms with Gasteiger partial charge in [-0.1, -0.05) is 26.0 Å². The fourth-order valence-electron chi connectivity index (χ4n) is 2.11. The van der Waals surface area contributed by atoms with Crippen LogP contribution < -0.4 is 10.5 Å². The first-order valence-corrected chi connectivity index (χ1v) is 6.56. The highest BCUT2D eigenvalue weighted by Gasteiger charge is 2.15. The smallest absolute Gasteiger partial charge is 0.119 e. The van der Waals surface area contributed by atoms with Gasteiger partial charge in [-0.25, -0.2) is 0 Å². The number of hydrogen-bond acceptors (Lipinski definition) is 3. The Morgan fingerprint density at radius 3 is 2.50 bits per heavy atom. The van der Waals surface area contributed by atoms with Gasteiger partial charge in [0.1, 0.15) is 5.75 Å². The number of hydrogen-bond donors (Lipinski definition) is 1. The number of rotatable bonds is 7. The largest absolute Gasteiger partial charge is 0.497 e. The molecule has 102 valence electrons. The molecule has 0 saturated carbocycles. The van der Waals surface area contributed by atoms with E-state index in [9.17, 15) is 0 Å². The lowest BCUT2D eigenvalue weighted by molar-refractivity contribution is -0.00848. The molecule has 0 spiro atoms. The van der Waals surface area contributed by atoms with Crippen molar-refractivity contribution < 1.29 is 9.47 Å². The summed E-state index contributed by atoms with van der Waals surface area (Å²) in [6, 6.07) is 7.91. The van der Waals surface area contributed by atoms with Crippen molar-refractivity contribution in [1.29, 1.82) is 0 Å². The molecule has 0 saturated heterocycles. The van der Waals surface area contributed by atoms with Crippen molar-refractivity contribution in [2.24, 2.45) is 11.7 Å². The van der Waals surface area contributed by atoms with E-state index in [2.05, 4.69) is 20.8 Å². The van der Waals surface area contributed by atoms with Crippen molar-refractivity contribution in [3.8, 4) is 5.75 Å². The standard InChI is InChI=1S/C15H25NO2/c1-11(2)8-12(3)18-15(10-16)13-6-5-7-14(9-13)17-4/h5-7,9,11-12,15H,8,10,16H2,1-4H3. The molecule has 2 atom stereocenters. The Hall–Kier alpha value is -1.06. The van der Waals surface area contributed by atoms with Gasteiger partial charge in [0.15, 0.2) is 0 Å². The van der Waals surface area contributed by atoms with Gasteiger partial charge in [-0.05, 0) is 37.0 Å². The molecule has 1 aromatic rings. The molecule has 3 heteroatoms. The van der Waals surface area contributed by atoms with E-state index in [0.29, 0.717) is 12.5 Å². The first-order chi connectivity index (χ1) is 8.56. The van der Waals surface area contributed by atoms with E-state index in [1.54, 1.807) is 7.11 Å². The van der Waals surface area contributed by atoms with E-state index < -0.39 is 0 Å². The lowest BCUT2D eigenvalue weighted by Gasteiger charge is -2.23. The number of nitrogens with two attached hydrogens (primary N) is 1. The summed E-state index contributed by atoms with van der Waals surface area (Å²) in [5.41, 5.74) is 6.89. The van der Waals surface area contributed by atoms with Gasteiger partial charge < -0.3 is 15.2 Å². The Morgan fingerprint density at radius 2 is 1.94 bits per heavy atom. The van der Waals surface area contributed by atoms with Gasteiger partial charge in [-0.2, -0.15) is 0 Å². The summed E-state index contributed by atoms with van der Waals surface area (Å²) >= 11 is 0. The van der Waals surface area contributed by atoms with E-state index in [4.69, 9.17) is 15.2 Å². The van der Waals surface area contributed by atoms with Crippen LogP contribution in [0.3, 0.4) is 0 Å². The number of methoxy groups -OCH3 is 1. The minimum atomic E-state index is -0.0613. The van der Waals surface area contributed by atoms with Crippen LogP contribution >= 0.6 is 0 Å². The lowest BCUT2D eigenvalue weighted by atomic mass is 10.1. The normalized spacial score (nSPS) is 14.6. The first kappa shape index (κ1) is 15.0. The predicted molar refractivity (Wildman–Crippen MR) is 74.8 cm³/mol. The van der Waals surface area contributed by atoms with Crippen LogP contribution in [-0.4, -0.2) is 19.8 Å². The van der Waals surface area contributed by atoms with Crippen LogP contribution in [0.5, 0.6) is 5.75 Å². The third kappa shape index (κ3) is 4.67. The van der Waals surface area contributed by atoms with Gasteiger partial charge in [-0.3, -0.25) is 0 Å². The maximum absolute atomic E-state index is 6.02. The summed E-state index contributed by atoms with van der Waals surface area (Å²) in [6.07, 6.45) is 1.19. The Labute approximate surface area is 110 Å². The summed E-state index contributed by atoms with van der Waals surface area (Å²) < 4.78 is 11.2. The second-order valence-electron chi connectivity index (χ2n) is 5.08. The molecule has 0 aliphatic rings. The zero-order valence-electron chi connectivity index (χ0n) is 11.8. The molecule has 3 nitrogen and oxygen atoms in total. The maximum Gasteiger partial charge on any atom is 0.119 e. The van der Waals surface area contributed by atoms with Gasteiger partial charge in [0.05, 0.1) is 19.3 Å². The number of ether oxygens (including phenoxy) is 2. The fraction of sp³-hybridized carbons (Fsp3) is 0.600. The highest BCUT2D eigenvalue weighted by molar-refractivity contribution is 5.30. The fourth-order valence-corrected chi connectivity index (χ4v) is 2.11. The summed E-state index contributed by atoms with van der Waals surface area (Å²) in [5, 5.41) is 0. The summed E-state index contributed by atoms with van der Waals surface area (Å²) in [7, 11) is 1.67. The predicted octanol–water partition coefficient (Wildman–Crippen LogP) is 3.15. The highest BCUT2D eigenvalue weighted by atomic mass is 16.5. The van der Waals surface area contributed by atoms with Crippen LogP contribution in [0.2, 0.25) is 0 Å². The molecule has 0 aliphatic carbocycles. The Morgan fingerprint density at radius 1 is 1.22 bits per heavy atom. The van der Waals surface area contributed by atoms with E-state index in [1.165, 1.54) is 0 Å². The highest BCUT2D eigenvalue weighted by Crippen LogP contribution is 2.24. The molecular formula is C15H25NO2. The van der Waals surface area contributed by atoms with Crippen LogP contribution in [0.15, 0.2) is 24.3 Å². The minimum Gasteiger partial charge on any atom is -0.497 e. The van der Waals surface area contributed by atoms with Crippen molar-refractivity contribution in [2.75, 3.05) is 13.7 Å². The molecule has 0 aliphatic heterocycles. The second-order valence-corrected chi connectivity index (χ2v) is 5.08. The molecule has 0 bridgehead atoms. The van der Waals surface area contributed by atoms with Crippen molar-refractivity contribution >= 4 is 0 Å². The van der Waals surface area contributed by atoms with Crippen LogP contribution in [-0.2, 0) is 4.74 Å². The molecule has 18 heavy (non-hydrogen) atoms. The van der Waals surface area contributed by atoms with E-state index in [0.717, 1.165) is 17.7 Å². The van der Waals surface area contributed by atoms with E-state index in [1.807, 2.05) is 24.3 Å². The molecule has 0 amide bonds. The molecule has 2 N–H and O–H groups in total. The SMILES string of the molecule is COc1cccc(C(CN)OC(C)CC(C)C)c1. The van der Waals surface area contributed by atoms with Crippen molar-refractivity contribution in [2.45, 2.75) is 39.4 Å². The third-order valence-corrected chi connectivity index (χ3v) is 2.88. The molecule has 2 unspecified atom stereocenters. The van der Waals surface area contributed by atoms with Crippen LogP contribution in [0.25, 0.3) is 0 Å². The minimum absolute atomic E-state index is 0.0613.